The molecule has 1 aliphatic carbocycles. The topological polar surface area (TPSA) is 37.3 Å². The Morgan fingerprint density at radius 2 is 1.56 bits per heavy atom. The zero-order chi connectivity index (χ0) is 17.9. The van der Waals surface area contributed by atoms with Crippen LogP contribution in [0.1, 0.15) is 26.7 Å². The van der Waals surface area contributed by atoms with Crippen molar-refractivity contribution in [2.45, 2.75) is 26.7 Å². The molecule has 2 aromatic rings. The van der Waals surface area contributed by atoms with Gasteiger partial charge in [-0.2, -0.15) is 0 Å². The number of aliphatic hydroxyl groups excluding tert-OH is 1. The summed E-state index contributed by atoms with van der Waals surface area (Å²) < 4.78 is 13.9. The van der Waals surface area contributed by atoms with E-state index in [0.717, 1.165) is 29.0 Å². The Morgan fingerprint density at radius 3 is 2.00 bits per heavy atom. The molecule has 0 bridgehead atoms. The van der Waals surface area contributed by atoms with Crippen LogP contribution in [0.15, 0.2) is 83.9 Å². The molecule has 0 unspecified atom stereocenters. The fraction of sp³-hybridized carbons (Fsp3) is 0.273. The summed E-state index contributed by atoms with van der Waals surface area (Å²) in [6.45, 7) is 4.15. The van der Waals surface area contributed by atoms with Crippen molar-refractivity contribution in [2.75, 3.05) is 0 Å². The summed E-state index contributed by atoms with van der Waals surface area (Å²) in [5.74, 6) is 3.01. The van der Waals surface area contributed by atoms with Crippen LogP contribution in [0.5, 0.6) is 0 Å². The highest BCUT2D eigenvalue weighted by molar-refractivity contribution is 7.81. The number of hydrogen-bond acceptors (Lipinski definition) is 2. The van der Waals surface area contributed by atoms with E-state index in [0.29, 0.717) is 11.7 Å². The predicted molar refractivity (Wildman–Crippen MR) is 106 cm³/mol. The Hall–Kier alpha value is -2.05. The largest absolute Gasteiger partial charge is 0.512 e. The summed E-state index contributed by atoms with van der Waals surface area (Å²) in [5, 5.41) is 11.6. The van der Waals surface area contributed by atoms with Gasteiger partial charge < -0.3 is 9.67 Å². The van der Waals surface area contributed by atoms with Crippen LogP contribution in [0.4, 0.5) is 0 Å². The normalized spacial score (nSPS) is 19.5. The molecule has 130 valence electrons. The molecule has 0 fully saturated rings. The number of hydrogen-bond donors (Lipinski definition) is 1. The van der Waals surface area contributed by atoms with Gasteiger partial charge in [0.25, 0.3) is 0 Å². The predicted octanol–water partition coefficient (Wildman–Crippen LogP) is 5.39. The van der Waals surface area contributed by atoms with E-state index >= 15 is 0 Å². The highest BCUT2D eigenvalue weighted by Gasteiger charge is 2.28. The highest BCUT2D eigenvalue weighted by Crippen LogP contribution is 2.46. The maximum atomic E-state index is 13.9. The van der Waals surface area contributed by atoms with Crippen LogP contribution < -0.4 is 10.6 Å². The van der Waals surface area contributed by atoms with Crippen LogP contribution >= 0.6 is 7.14 Å². The van der Waals surface area contributed by atoms with Gasteiger partial charge in [-0.05, 0) is 36.6 Å². The minimum Gasteiger partial charge on any atom is -0.512 e. The molecule has 0 aliphatic heterocycles. The highest BCUT2D eigenvalue weighted by atomic mass is 31.2. The molecule has 0 amide bonds. The number of rotatable bonds is 5. The average Bonchev–Trinajstić information content (AvgIpc) is 3.00. The molecular weight excluding hydrogens is 327 g/mol. The fourth-order valence-corrected chi connectivity index (χ4v) is 5.97. The zero-order valence-corrected chi connectivity index (χ0v) is 15.7. The number of aliphatic hydroxyl groups is 1. The Morgan fingerprint density at radius 1 is 1.04 bits per heavy atom. The van der Waals surface area contributed by atoms with Crippen molar-refractivity contribution in [3.8, 4) is 0 Å². The fourth-order valence-electron chi connectivity index (χ4n) is 3.59. The van der Waals surface area contributed by atoms with E-state index in [9.17, 15) is 9.67 Å². The van der Waals surface area contributed by atoms with Crippen LogP contribution in [0.25, 0.3) is 0 Å². The third-order valence-electron chi connectivity index (χ3n) is 5.22. The monoisotopic (exact) mass is 352 g/mol. The van der Waals surface area contributed by atoms with Gasteiger partial charge in [0.2, 0.25) is 0 Å². The molecule has 0 spiro atoms. The molecular formula is C22H25O2P. The van der Waals surface area contributed by atoms with Crippen molar-refractivity contribution in [3.63, 3.8) is 0 Å². The van der Waals surface area contributed by atoms with Crippen molar-refractivity contribution in [1.82, 2.24) is 0 Å². The average molecular weight is 352 g/mol. The molecule has 1 N–H and O–H groups in total. The molecule has 0 saturated heterocycles. The third kappa shape index (κ3) is 3.65. The maximum absolute atomic E-state index is 13.9. The first kappa shape index (κ1) is 17.8. The zero-order valence-electron chi connectivity index (χ0n) is 14.8. The van der Waals surface area contributed by atoms with E-state index < -0.39 is 7.14 Å². The van der Waals surface area contributed by atoms with Crippen LogP contribution in [-0.4, -0.2) is 5.11 Å². The van der Waals surface area contributed by atoms with E-state index in [2.05, 4.69) is 13.0 Å². The van der Waals surface area contributed by atoms with Crippen LogP contribution in [0.3, 0.4) is 0 Å². The first-order valence-corrected chi connectivity index (χ1v) is 10.6. The van der Waals surface area contributed by atoms with Crippen molar-refractivity contribution in [2.24, 2.45) is 11.8 Å². The van der Waals surface area contributed by atoms with Gasteiger partial charge in [0.1, 0.15) is 0 Å². The lowest BCUT2D eigenvalue weighted by atomic mass is 9.89. The number of benzene rings is 2. The van der Waals surface area contributed by atoms with E-state index in [4.69, 9.17) is 0 Å². The van der Waals surface area contributed by atoms with Gasteiger partial charge in [-0.25, -0.2) is 0 Å². The lowest BCUT2D eigenvalue weighted by molar-refractivity contribution is 0.393. The molecule has 0 radical (unpaired) electrons. The smallest absolute Gasteiger partial charge is 0.163 e. The molecule has 0 aromatic heterocycles. The van der Waals surface area contributed by atoms with Gasteiger partial charge in [-0.3, -0.25) is 0 Å². The second-order valence-corrected chi connectivity index (χ2v) is 9.45. The summed E-state index contributed by atoms with van der Waals surface area (Å²) in [5.41, 5.74) is 1.08. The lowest BCUT2D eigenvalue weighted by Gasteiger charge is -2.19. The lowest BCUT2D eigenvalue weighted by Crippen LogP contribution is -2.15. The van der Waals surface area contributed by atoms with Crippen molar-refractivity contribution < 1.29 is 9.67 Å². The minimum atomic E-state index is -2.81. The molecule has 2 atom stereocenters. The van der Waals surface area contributed by atoms with Gasteiger partial charge in [-0.1, -0.05) is 73.7 Å². The summed E-state index contributed by atoms with van der Waals surface area (Å²) in [4.78, 5) is 0. The standard InChI is InChI=1S/C22H25O2P/c1-17(21-13-14-22(23)18(21)2)15-16-25(24,19-9-5-3-6-10-19)20-11-7-4-8-12-20/h3-12,15-17,21,23H,13-14H2,1-2H3/b16-15+/t17-,21-/m1/s1. The van der Waals surface area contributed by atoms with E-state index in [-0.39, 0.29) is 5.92 Å². The van der Waals surface area contributed by atoms with Gasteiger partial charge in [0, 0.05) is 17.0 Å². The van der Waals surface area contributed by atoms with Crippen LogP contribution in [0, 0.1) is 11.8 Å². The quantitative estimate of drug-likeness (QED) is 0.732. The molecule has 3 heteroatoms. The molecule has 0 heterocycles. The van der Waals surface area contributed by atoms with E-state index in [1.165, 1.54) is 0 Å². The van der Waals surface area contributed by atoms with E-state index in [1.807, 2.05) is 73.4 Å². The van der Waals surface area contributed by atoms with E-state index in [1.54, 1.807) is 0 Å². The summed E-state index contributed by atoms with van der Waals surface area (Å²) in [6, 6.07) is 19.4. The van der Waals surface area contributed by atoms with Gasteiger partial charge >= 0.3 is 0 Å². The van der Waals surface area contributed by atoms with Crippen molar-refractivity contribution in [1.29, 1.82) is 0 Å². The minimum absolute atomic E-state index is 0.241. The first-order chi connectivity index (χ1) is 12.0. The SMILES string of the molecule is CC1=C(O)CC[C@@H]1[C@H](C)/C=C/P(=O)(c1ccccc1)c1ccccc1. The van der Waals surface area contributed by atoms with Gasteiger partial charge in [0.05, 0.1) is 5.76 Å². The van der Waals surface area contributed by atoms with Gasteiger partial charge in [-0.15, -0.1) is 0 Å². The summed E-state index contributed by atoms with van der Waals surface area (Å²) in [6.07, 6.45) is 3.79. The Balaban J connectivity index is 1.95. The molecule has 2 aromatic carbocycles. The molecule has 2 nitrogen and oxygen atoms in total. The Bertz CT molecular complexity index is 778. The van der Waals surface area contributed by atoms with Gasteiger partial charge in [0.15, 0.2) is 7.14 Å². The molecule has 3 rings (SSSR count). The second kappa shape index (κ2) is 7.45. The summed E-state index contributed by atoms with van der Waals surface area (Å²) in [7, 11) is -2.81. The Labute approximate surface area is 150 Å². The second-order valence-electron chi connectivity index (χ2n) is 6.80. The molecule has 1 aliphatic rings. The first-order valence-electron chi connectivity index (χ1n) is 8.81. The van der Waals surface area contributed by atoms with Crippen LogP contribution in [-0.2, 0) is 4.57 Å². The van der Waals surface area contributed by atoms with Crippen molar-refractivity contribution >= 4 is 17.8 Å². The number of allylic oxidation sites excluding steroid dienone is 3. The third-order valence-corrected chi connectivity index (χ3v) is 7.94. The van der Waals surface area contributed by atoms with Crippen LogP contribution in [0.2, 0.25) is 0 Å². The molecule has 0 saturated carbocycles. The Kier molecular flexibility index (Phi) is 5.30. The maximum Gasteiger partial charge on any atom is 0.163 e. The molecule has 25 heavy (non-hydrogen) atoms. The summed E-state index contributed by atoms with van der Waals surface area (Å²) >= 11 is 0. The van der Waals surface area contributed by atoms with Crippen molar-refractivity contribution in [3.05, 3.63) is 83.9 Å².